The number of hydrogen-bond acceptors (Lipinski definition) is 5. The van der Waals surface area contributed by atoms with Gasteiger partial charge in [-0.1, -0.05) is 48.5 Å². The fourth-order valence-corrected chi connectivity index (χ4v) is 5.52. The topological polar surface area (TPSA) is 95.9 Å². The number of nitrogens with zero attached hydrogens (tertiary/aromatic N) is 2. The standard InChI is InChI=1S/C22H20FN3O4S2/c1-31(27,28)25-17-13-11-16(12-14-17)21-15-22(19-9-5-6-10-20(19)23)26(24-21)32(29,30)18-7-3-2-4-8-18/h2-14,22,25H,15H2,1H3/t22-/m0/s1. The Morgan fingerprint density at radius 1 is 0.906 bits per heavy atom. The molecule has 0 radical (unpaired) electrons. The predicted molar refractivity (Wildman–Crippen MR) is 121 cm³/mol. The van der Waals surface area contributed by atoms with Crippen LogP contribution in [0.5, 0.6) is 0 Å². The van der Waals surface area contributed by atoms with E-state index in [-0.39, 0.29) is 16.9 Å². The molecule has 10 heteroatoms. The van der Waals surface area contributed by atoms with Crippen molar-refractivity contribution in [1.82, 2.24) is 4.41 Å². The molecule has 3 aromatic carbocycles. The zero-order valence-electron chi connectivity index (χ0n) is 17.0. The summed E-state index contributed by atoms with van der Waals surface area (Å²) in [5, 5.41) is 4.37. The molecule has 1 aliphatic rings. The molecule has 0 aliphatic carbocycles. The molecule has 4 rings (SSSR count). The zero-order chi connectivity index (χ0) is 22.9. The first-order valence-electron chi connectivity index (χ1n) is 9.65. The van der Waals surface area contributed by atoms with Crippen molar-refractivity contribution in [1.29, 1.82) is 0 Å². The highest BCUT2D eigenvalue weighted by Crippen LogP contribution is 2.38. The normalized spacial score (nSPS) is 16.6. The maximum atomic E-state index is 14.6. The van der Waals surface area contributed by atoms with Gasteiger partial charge in [0.15, 0.2) is 0 Å². The molecule has 0 saturated heterocycles. The van der Waals surface area contributed by atoms with Gasteiger partial charge < -0.3 is 0 Å². The van der Waals surface area contributed by atoms with E-state index in [4.69, 9.17) is 0 Å². The molecule has 7 nitrogen and oxygen atoms in total. The van der Waals surface area contributed by atoms with Gasteiger partial charge in [-0.05, 0) is 35.9 Å². The molecule has 166 valence electrons. The smallest absolute Gasteiger partial charge is 0.279 e. The van der Waals surface area contributed by atoms with Gasteiger partial charge in [-0.15, -0.1) is 0 Å². The highest BCUT2D eigenvalue weighted by molar-refractivity contribution is 7.92. The molecule has 0 unspecified atom stereocenters. The predicted octanol–water partition coefficient (Wildman–Crippen LogP) is 3.74. The Labute approximate surface area is 186 Å². The van der Waals surface area contributed by atoms with E-state index in [1.54, 1.807) is 60.7 Å². The van der Waals surface area contributed by atoms with Crippen molar-refractivity contribution in [3.05, 3.63) is 95.8 Å². The number of halogens is 1. The molecule has 0 spiro atoms. The first-order chi connectivity index (χ1) is 15.1. The Morgan fingerprint density at radius 2 is 1.53 bits per heavy atom. The van der Waals surface area contributed by atoms with Crippen molar-refractivity contribution < 1.29 is 21.2 Å². The second kappa shape index (κ2) is 8.36. The number of benzene rings is 3. The van der Waals surface area contributed by atoms with Gasteiger partial charge in [-0.3, -0.25) is 4.72 Å². The fraction of sp³-hybridized carbons (Fsp3) is 0.136. The molecule has 1 aliphatic heterocycles. The van der Waals surface area contributed by atoms with Gasteiger partial charge in [0.05, 0.1) is 22.9 Å². The molecule has 32 heavy (non-hydrogen) atoms. The lowest BCUT2D eigenvalue weighted by Gasteiger charge is -2.23. The van der Waals surface area contributed by atoms with E-state index in [9.17, 15) is 21.2 Å². The third-order valence-electron chi connectivity index (χ3n) is 4.95. The number of hydrogen-bond donors (Lipinski definition) is 1. The number of rotatable bonds is 6. The summed E-state index contributed by atoms with van der Waals surface area (Å²) in [6, 6.07) is 19.4. The lowest BCUT2D eigenvalue weighted by atomic mass is 9.99. The van der Waals surface area contributed by atoms with Crippen molar-refractivity contribution in [2.75, 3.05) is 11.0 Å². The number of anilines is 1. The molecule has 1 atom stereocenters. The molecule has 3 aromatic rings. The van der Waals surface area contributed by atoms with E-state index in [1.165, 1.54) is 18.2 Å². The molecule has 0 bridgehead atoms. The van der Waals surface area contributed by atoms with Crippen LogP contribution in [0.15, 0.2) is 88.9 Å². The van der Waals surface area contributed by atoms with Gasteiger partial charge >= 0.3 is 0 Å². The van der Waals surface area contributed by atoms with Gasteiger partial charge in [0, 0.05) is 17.7 Å². The van der Waals surface area contributed by atoms with E-state index in [0.29, 0.717) is 17.0 Å². The van der Waals surface area contributed by atoms with Crippen molar-refractivity contribution in [2.45, 2.75) is 17.4 Å². The summed E-state index contributed by atoms with van der Waals surface area (Å²) >= 11 is 0. The first-order valence-corrected chi connectivity index (χ1v) is 13.0. The largest absolute Gasteiger partial charge is 0.284 e. The maximum absolute atomic E-state index is 14.6. The van der Waals surface area contributed by atoms with E-state index in [0.717, 1.165) is 10.7 Å². The van der Waals surface area contributed by atoms with Crippen LogP contribution in [0.4, 0.5) is 10.1 Å². The minimum Gasteiger partial charge on any atom is -0.284 e. The molecular formula is C22H20FN3O4S2. The van der Waals surface area contributed by atoms with E-state index in [2.05, 4.69) is 9.82 Å². The second-order valence-electron chi connectivity index (χ2n) is 7.33. The second-order valence-corrected chi connectivity index (χ2v) is 10.9. The van der Waals surface area contributed by atoms with Crippen LogP contribution in [0.1, 0.15) is 23.6 Å². The Morgan fingerprint density at radius 3 is 2.16 bits per heavy atom. The molecule has 0 fully saturated rings. The van der Waals surface area contributed by atoms with Crippen LogP contribution in [0.3, 0.4) is 0 Å². The SMILES string of the molecule is CS(=O)(=O)Nc1ccc(C2=NN(S(=O)(=O)c3ccccc3)[C@H](c3ccccc3F)C2)cc1. The van der Waals surface area contributed by atoms with Gasteiger partial charge in [0.2, 0.25) is 10.0 Å². The zero-order valence-corrected chi connectivity index (χ0v) is 18.6. The molecule has 0 saturated carbocycles. The maximum Gasteiger partial charge on any atom is 0.279 e. The Kier molecular flexibility index (Phi) is 5.74. The Balaban J connectivity index is 1.75. The van der Waals surface area contributed by atoms with Crippen LogP contribution in [-0.4, -0.2) is 33.2 Å². The average molecular weight is 474 g/mol. The highest BCUT2D eigenvalue weighted by atomic mass is 32.2. The summed E-state index contributed by atoms with van der Waals surface area (Å²) in [6.07, 6.45) is 1.21. The van der Waals surface area contributed by atoms with Gasteiger partial charge in [0.1, 0.15) is 5.82 Å². The van der Waals surface area contributed by atoms with E-state index < -0.39 is 31.9 Å². The quantitative estimate of drug-likeness (QED) is 0.590. The molecule has 0 aromatic heterocycles. The summed E-state index contributed by atoms with van der Waals surface area (Å²) in [5.41, 5.74) is 1.65. The number of nitrogens with one attached hydrogen (secondary N) is 1. The highest BCUT2D eigenvalue weighted by Gasteiger charge is 2.38. The number of sulfonamides is 2. The summed E-state index contributed by atoms with van der Waals surface area (Å²) < 4.78 is 67.4. The third kappa shape index (κ3) is 4.51. The summed E-state index contributed by atoms with van der Waals surface area (Å²) in [4.78, 5) is 0.0547. The Hall–Kier alpha value is -3.24. The summed E-state index contributed by atoms with van der Waals surface area (Å²) in [5.74, 6) is -0.519. The Bertz CT molecular complexity index is 1370. The van der Waals surface area contributed by atoms with Crippen LogP contribution in [0, 0.1) is 5.82 Å². The molecule has 1 N–H and O–H groups in total. The summed E-state index contributed by atoms with van der Waals surface area (Å²) in [6.45, 7) is 0. The fourth-order valence-electron chi connectivity index (χ4n) is 3.51. The van der Waals surface area contributed by atoms with Crippen LogP contribution in [0.2, 0.25) is 0 Å². The summed E-state index contributed by atoms with van der Waals surface area (Å²) in [7, 11) is -7.47. The van der Waals surface area contributed by atoms with Crippen LogP contribution in [0.25, 0.3) is 0 Å². The van der Waals surface area contributed by atoms with E-state index >= 15 is 0 Å². The van der Waals surface area contributed by atoms with Crippen molar-refractivity contribution in [3.63, 3.8) is 0 Å². The van der Waals surface area contributed by atoms with Gasteiger partial charge in [0.25, 0.3) is 10.0 Å². The number of hydrazone groups is 1. The monoisotopic (exact) mass is 473 g/mol. The van der Waals surface area contributed by atoms with Crippen LogP contribution in [-0.2, 0) is 20.0 Å². The lowest BCUT2D eigenvalue weighted by Crippen LogP contribution is -2.27. The van der Waals surface area contributed by atoms with Gasteiger partial charge in [-0.25, -0.2) is 12.8 Å². The van der Waals surface area contributed by atoms with Crippen LogP contribution >= 0.6 is 0 Å². The lowest BCUT2D eigenvalue weighted by molar-refractivity contribution is 0.362. The van der Waals surface area contributed by atoms with Crippen molar-refractivity contribution in [3.8, 4) is 0 Å². The molecule has 1 heterocycles. The van der Waals surface area contributed by atoms with Crippen molar-refractivity contribution in [2.24, 2.45) is 5.10 Å². The van der Waals surface area contributed by atoms with Gasteiger partial charge in [-0.2, -0.15) is 17.9 Å². The first kappa shape index (κ1) is 22.0. The van der Waals surface area contributed by atoms with Crippen LogP contribution < -0.4 is 4.72 Å². The molecular weight excluding hydrogens is 453 g/mol. The van der Waals surface area contributed by atoms with Crippen molar-refractivity contribution >= 4 is 31.4 Å². The minimum absolute atomic E-state index is 0.0547. The average Bonchev–Trinajstić information content (AvgIpc) is 3.20. The molecule has 0 amide bonds. The third-order valence-corrected chi connectivity index (χ3v) is 7.25. The van der Waals surface area contributed by atoms with E-state index in [1.807, 2.05) is 0 Å². The minimum atomic E-state index is -4.04.